The van der Waals surface area contributed by atoms with Crippen LogP contribution in [0.1, 0.15) is 27.2 Å². The third-order valence-corrected chi connectivity index (χ3v) is 4.34. The van der Waals surface area contributed by atoms with Crippen molar-refractivity contribution in [1.82, 2.24) is 4.98 Å². The van der Waals surface area contributed by atoms with Crippen molar-refractivity contribution in [3.63, 3.8) is 0 Å². The second-order valence-electron chi connectivity index (χ2n) is 6.12. The monoisotopic (exact) mass is 390 g/mol. The van der Waals surface area contributed by atoms with Gasteiger partial charge >= 0.3 is 11.9 Å². The van der Waals surface area contributed by atoms with Gasteiger partial charge < -0.3 is 14.2 Å². The molecule has 3 rings (SSSR count). The molecule has 7 heteroatoms. The van der Waals surface area contributed by atoms with Gasteiger partial charge in [-0.2, -0.15) is 5.26 Å². The number of aromatic nitrogens is 1. The van der Waals surface area contributed by atoms with Crippen LogP contribution in [0.25, 0.3) is 10.9 Å². The summed E-state index contributed by atoms with van der Waals surface area (Å²) in [5.41, 5.74) is 2.28. The summed E-state index contributed by atoms with van der Waals surface area (Å²) < 4.78 is 15.5. The molecule has 0 fully saturated rings. The average molecular weight is 390 g/mol. The van der Waals surface area contributed by atoms with E-state index in [0.29, 0.717) is 28.1 Å². The van der Waals surface area contributed by atoms with E-state index in [0.717, 1.165) is 5.39 Å². The number of hydrogen-bond acceptors (Lipinski definition) is 7. The van der Waals surface area contributed by atoms with E-state index < -0.39 is 11.9 Å². The van der Waals surface area contributed by atoms with Crippen molar-refractivity contribution < 1.29 is 23.8 Å². The lowest BCUT2D eigenvalue weighted by Crippen LogP contribution is -2.18. The molecule has 0 spiro atoms. The quantitative estimate of drug-likeness (QED) is 0.595. The number of carbonyl (C=O) groups is 2. The maximum Gasteiger partial charge on any atom is 0.344 e. The Balaban J connectivity index is 1.76. The number of ether oxygens (including phenoxy) is 3. The Kier molecular flexibility index (Phi) is 6.05. The average Bonchev–Trinajstić information content (AvgIpc) is 2.76. The van der Waals surface area contributed by atoms with Crippen molar-refractivity contribution in [3.05, 3.63) is 70.9 Å². The summed E-state index contributed by atoms with van der Waals surface area (Å²) in [7, 11) is 1.28. The van der Waals surface area contributed by atoms with E-state index in [1.807, 2.05) is 30.3 Å². The molecule has 0 bridgehead atoms. The third kappa shape index (κ3) is 4.33. The molecule has 0 aliphatic carbocycles. The first-order valence-corrected chi connectivity index (χ1v) is 8.79. The molecule has 0 N–H and O–H groups in total. The highest BCUT2D eigenvalue weighted by Crippen LogP contribution is 2.24. The number of methoxy groups -OCH3 is 1. The number of esters is 2. The summed E-state index contributed by atoms with van der Waals surface area (Å²) in [5, 5.41) is 9.87. The first-order valence-electron chi connectivity index (χ1n) is 8.79. The molecule has 0 amide bonds. The Morgan fingerprint density at radius 3 is 2.59 bits per heavy atom. The molecular weight excluding hydrogens is 372 g/mol. The number of nitrogens with zero attached hydrogens (tertiary/aromatic N) is 2. The number of aryl methyl sites for hydroxylation is 1. The molecule has 0 atom stereocenters. The molecule has 1 aromatic heterocycles. The van der Waals surface area contributed by atoms with Gasteiger partial charge in [0.2, 0.25) is 0 Å². The van der Waals surface area contributed by atoms with Crippen LogP contribution < -0.4 is 4.74 Å². The number of pyridine rings is 1. The Bertz CT molecular complexity index is 1120. The van der Waals surface area contributed by atoms with Crippen molar-refractivity contribution in [1.29, 1.82) is 5.26 Å². The van der Waals surface area contributed by atoms with Crippen molar-refractivity contribution >= 4 is 22.8 Å². The standard InChI is InChI=1S/C22H18N2O5/c1-14-16-8-4-5-9-17(16)24-18(21(14)22(26)27-2)12-29-20(25)13-28-19-10-6-3-7-15(19)11-23/h3-10H,12-13H2,1-2H3. The SMILES string of the molecule is COC(=O)c1c(COC(=O)COc2ccccc2C#N)nc2ccccc2c1C. The zero-order valence-corrected chi connectivity index (χ0v) is 16.0. The summed E-state index contributed by atoms with van der Waals surface area (Å²) in [5.74, 6) is -0.908. The lowest BCUT2D eigenvalue weighted by molar-refractivity contribution is -0.147. The largest absolute Gasteiger partial charge is 0.481 e. The number of carbonyl (C=O) groups excluding carboxylic acids is 2. The minimum Gasteiger partial charge on any atom is -0.481 e. The Hall–Kier alpha value is -3.92. The van der Waals surface area contributed by atoms with E-state index >= 15 is 0 Å². The first kappa shape index (κ1) is 19.8. The van der Waals surface area contributed by atoms with Gasteiger partial charge in [0.1, 0.15) is 18.4 Å². The fourth-order valence-corrected chi connectivity index (χ4v) is 2.93. The molecule has 3 aromatic rings. The number of rotatable bonds is 6. The van der Waals surface area contributed by atoms with Gasteiger partial charge in [0, 0.05) is 5.39 Å². The van der Waals surface area contributed by atoms with E-state index in [9.17, 15) is 9.59 Å². The zero-order valence-electron chi connectivity index (χ0n) is 16.0. The second kappa shape index (κ2) is 8.85. The fraction of sp³-hybridized carbons (Fsp3) is 0.182. The molecule has 0 unspecified atom stereocenters. The minimum atomic E-state index is -0.652. The van der Waals surface area contributed by atoms with Gasteiger partial charge in [0.05, 0.1) is 29.4 Å². The lowest BCUT2D eigenvalue weighted by Gasteiger charge is -2.13. The molecule has 1 heterocycles. The Morgan fingerprint density at radius 2 is 1.83 bits per heavy atom. The molecule has 0 aliphatic rings. The molecule has 0 radical (unpaired) electrons. The van der Waals surface area contributed by atoms with E-state index in [4.69, 9.17) is 19.5 Å². The Labute approximate surface area is 167 Å². The highest BCUT2D eigenvalue weighted by atomic mass is 16.6. The van der Waals surface area contributed by atoms with Crippen LogP contribution in [0.4, 0.5) is 0 Å². The molecule has 7 nitrogen and oxygen atoms in total. The molecule has 0 saturated carbocycles. The van der Waals surface area contributed by atoms with Crippen LogP contribution in [-0.4, -0.2) is 30.6 Å². The van der Waals surface area contributed by atoms with Gasteiger partial charge in [-0.15, -0.1) is 0 Å². The number of hydrogen-bond donors (Lipinski definition) is 0. The van der Waals surface area contributed by atoms with Crippen LogP contribution in [0, 0.1) is 18.3 Å². The van der Waals surface area contributed by atoms with E-state index in [1.54, 1.807) is 31.2 Å². The van der Waals surface area contributed by atoms with Gasteiger partial charge in [-0.05, 0) is 30.7 Å². The van der Waals surface area contributed by atoms with Crippen molar-refractivity contribution in [2.75, 3.05) is 13.7 Å². The predicted molar refractivity (Wildman–Crippen MR) is 104 cm³/mol. The van der Waals surface area contributed by atoms with Crippen LogP contribution in [-0.2, 0) is 20.9 Å². The summed E-state index contributed by atoms with van der Waals surface area (Å²) in [6.07, 6.45) is 0. The molecule has 29 heavy (non-hydrogen) atoms. The van der Waals surface area contributed by atoms with Crippen LogP contribution in [0.2, 0.25) is 0 Å². The second-order valence-corrected chi connectivity index (χ2v) is 6.12. The van der Waals surface area contributed by atoms with Crippen LogP contribution in [0.15, 0.2) is 48.5 Å². The Morgan fingerprint density at radius 1 is 1.10 bits per heavy atom. The van der Waals surface area contributed by atoms with E-state index in [2.05, 4.69) is 4.98 Å². The topological polar surface area (TPSA) is 98.5 Å². The van der Waals surface area contributed by atoms with E-state index in [1.165, 1.54) is 7.11 Å². The fourth-order valence-electron chi connectivity index (χ4n) is 2.93. The molecule has 0 saturated heterocycles. The van der Waals surface area contributed by atoms with Gasteiger partial charge in [-0.3, -0.25) is 0 Å². The van der Waals surface area contributed by atoms with Gasteiger partial charge in [0.25, 0.3) is 0 Å². The number of benzene rings is 2. The van der Waals surface area contributed by atoms with Crippen molar-refractivity contribution in [3.8, 4) is 11.8 Å². The lowest BCUT2D eigenvalue weighted by atomic mass is 10.0. The number of fused-ring (bicyclic) bond motifs is 1. The van der Waals surface area contributed by atoms with Gasteiger partial charge in [-0.1, -0.05) is 30.3 Å². The minimum absolute atomic E-state index is 0.210. The molecule has 2 aromatic carbocycles. The smallest absolute Gasteiger partial charge is 0.344 e. The maximum absolute atomic E-state index is 12.3. The van der Waals surface area contributed by atoms with E-state index in [-0.39, 0.29) is 18.8 Å². The van der Waals surface area contributed by atoms with Crippen molar-refractivity contribution in [2.24, 2.45) is 0 Å². The van der Waals surface area contributed by atoms with Gasteiger partial charge in [0.15, 0.2) is 6.61 Å². The van der Waals surface area contributed by atoms with Crippen LogP contribution in [0.3, 0.4) is 0 Å². The maximum atomic E-state index is 12.3. The predicted octanol–water partition coefficient (Wildman–Crippen LogP) is 3.32. The zero-order chi connectivity index (χ0) is 20.8. The summed E-state index contributed by atoms with van der Waals surface area (Å²) in [6, 6.07) is 15.9. The highest BCUT2D eigenvalue weighted by molar-refractivity contribution is 5.98. The molecule has 0 aliphatic heterocycles. The molecular formula is C22H18N2O5. The number of nitriles is 1. The number of para-hydroxylation sites is 2. The molecule has 146 valence electrons. The van der Waals surface area contributed by atoms with Crippen LogP contribution in [0.5, 0.6) is 5.75 Å². The van der Waals surface area contributed by atoms with Crippen molar-refractivity contribution in [2.45, 2.75) is 13.5 Å². The summed E-state index contributed by atoms with van der Waals surface area (Å²) >= 11 is 0. The third-order valence-electron chi connectivity index (χ3n) is 4.34. The summed E-state index contributed by atoms with van der Waals surface area (Å²) in [4.78, 5) is 28.8. The first-order chi connectivity index (χ1) is 14.0. The van der Waals surface area contributed by atoms with Crippen LogP contribution >= 0.6 is 0 Å². The summed E-state index contributed by atoms with van der Waals surface area (Å²) in [6.45, 7) is 1.21. The van der Waals surface area contributed by atoms with Gasteiger partial charge in [-0.25, -0.2) is 14.6 Å². The normalized spacial score (nSPS) is 10.2. The highest BCUT2D eigenvalue weighted by Gasteiger charge is 2.20.